The molecule has 0 saturated carbocycles. The van der Waals surface area contributed by atoms with Gasteiger partial charge < -0.3 is 9.80 Å². The summed E-state index contributed by atoms with van der Waals surface area (Å²) in [6.07, 6.45) is 0. The highest BCUT2D eigenvalue weighted by Gasteiger charge is 2.35. The van der Waals surface area contributed by atoms with E-state index in [1.807, 2.05) is 0 Å². The molecule has 10 rings (SSSR count). The Morgan fingerprint density at radius 3 is 1.65 bits per heavy atom. The molecule has 8 aromatic rings. The number of hydrogen-bond donors (Lipinski definition) is 0. The Hall–Kier alpha value is -6.12. The zero-order chi connectivity index (χ0) is 34.4. The third-order valence-corrected chi connectivity index (χ3v) is 11.6. The normalized spacial score (nSPS) is 14.0. The lowest BCUT2D eigenvalue weighted by Crippen LogP contribution is -2.24. The van der Waals surface area contributed by atoms with Crippen molar-refractivity contribution in [1.82, 2.24) is 0 Å². The van der Waals surface area contributed by atoms with Gasteiger partial charge in [0.05, 0.1) is 22.7 Å². The van der Waals surface area contributed by atoms with Crippen molar-refractivity contribution in [1.29, 1.82) is 0 Å². The first-order chi connectivity index (χ1) is 24.9. The van der Waals surface area contributed by atoms with E-state index in [4.69, 9.17) is 0 Å². The summed E-state index contributed by atoms with van der Waals surface area (Å²) < 4.78 is 0. The van der Waals surface area contributed by atoms with Crippen LogP contribution in [0.25, 0.3) is 66.1 Å². The maximum atomic E-state index is 2.48. The zero-order valence-electron chi connectivity index (χ0n) is 29.4. The molecule has 0 atom stereocenters. The van der Waals surface area contributed by atoms with Crippen molar-refractivity contribution in [3.8, 4) is 44.5 Å². The second kappa shape index (κ2) is 10.9. The number of benzene rings is 8. The molecule has 2 aliphatic rings. The molecule has 2 nitrogen and oxygen atoms in total. The van der Waals surface area contributed by atoms with Crippen LogP contribution < -0.4 is 9.80 Å². The van der Waals surface area contributed by atoms with Gasteiger partial charge in [-0.3, -0.25) is 0 Å². The maximum Gasteiger partial charge on any atom is 0.0656 e. The molecular formula is C49H38N2. The molecule has 0 radical (unpaired) electrons. The first-order valence-corrected chi connectivity index (χ1v) is 17.9. The minimum absolute atomic E-state index is 0.0797. The highest BCUT2D eigenvalue weighted by molar-refractivity contribution is 6.22. The Balaban J connectivity index is 1.26. The predicted molar refractivity (Wildman–Crippen MR) is 218 cm³/mol. The van der Waals surface area contributed by atoms with Crippen LogP contribution in [0.3, 0.4) is 0 Å². The molecule has 0 spiro atoms. The summed E-state index contributed by atoms with van der Waals surface area (Å²) in [5.74, 6) is 0. The van der Waals surface area contributed by atoms with Gasteiger partial charge in [0, 0.05) is 19.5 Å². The van der Waals surface area contributed by atoms with Crippen LogP contribution in [0.15, 0.2) is 158 Å². The smallest absolute Gasteiger partial charge is 0.0656 e. The average molecular weight is 655 g/mol. The highest BCUT2D eigenvalue weighted by Crippen LogP contribution is 2.53. The second-order valence-corrected chi connectivity index (χ2v) is 14.7. The fourth-order valence-corrected chi connectivity index (χ4v) is 8.99. The van der Waals surface area contributed by atoms with Gasteiger partial charge in [-0.15, -0.1) is 0 Å². The summed E-state index contributed by atoms with van der Waals surface area (Å²) in [6.45, 7) is 4.74. The van der Waals surface area contributed by atoms with Gasteiger partial charge in [-0.25, -0.2) is 0 Å². The number of hydrogen-bond acceptors (Lipinski definition) is 2. The van der Waals surface area contributed by atoms with Crippen LogP contribution in [0.1, 0.15) is 25.0 Å². The van der Waals surface area contributed by atoms with E-state index < -0.39 is 0 Å². The molecule has 0 aromatic heterocycles. The van der Waals surface area contributed by atoms with Gasteiger partial charge in [0.2, 0.25) is 0 Å². The summed E-state index contributed by atoms with van der Waals surface area (Å²) in [7, 11) is 4.36. The van der Waals surface area contributed by atoms with Crippen LogP contribution in [0.2, 0.25) is 0 Å². The van der Waals surface area contributed by atoms with Crippen molar-refractivity contribution in [3.05, 3.63) is 169 Å². The molecule has 244 valence electrons. The Kier molecular flexibility index (Phi) is 6.38. The number of para-hydroxylation sites is 2. The predicted octanol–water partition coefficient (Wildman–Crippen LogP) is 13.1. The monoisotopic (exact) mass is 654 g/mol. The number of nitrogens with zero attached hydrogens (tertiary/aromatic N) is 2. The molecular weight excluding hydrogens is 617 g/mol. The van der Waals surface area contributed by atoms with Gasteiger partial charge in [0.25, 0.3) is 0 Å². The van der Waals surface area contributed by atoms with Gasteiger partial charge in [-0.1, -0.05) is 135 Å². The number of fused-ring (bicyclic) bond motifs is 7. The third-order valence-electron chi connectivity index (χ3n) is 11.6. The number of rotatable bonds is 3. The first-order valence-electron chi connectivity index (χ1n) is 17.9. The minimum atomic E-state index is -0.0797. The van der Waals surface area contributed by atoms with Gasteiger partial charge >= 0.3 is 0 Å². The molecule has 0 fully saturated rings. The Morgan fingerprint density at radius 1 is 0.353 bits per heavy atom. The molecule has 1 heterocycles. The SMILES string of the molecule is CN1c2ccccc2N(C)c2cc(-c3c4ccccc4c(-c4ccc5c(c4)C(C)(C)c4ccccc4-5)c4cc(-c5ccccc5)ccc34)ccc21. The average Bonchev–Trinajstić information content (AvgIpc) is 3.41. The quantitative estimate of drug-likeness (QED) is 0.175. The summed E-state index contributed by atoms with van der Waals surface area (Å²) in [4.78, 5) is 4.65. The Labute approximate surface area is 299 Å². The van der Waals surface area contributed by atoms with Crippen molar-refractivity contribution in [2.75, 3.05) is 23.9 Å². The summed E-state index contributed by atoms with van der Waals surface area (Å²) >= 11 is 0. The van der Waals surface area contributed by atoms with E-state index in [1.165, 1.54) is 99.9 Å². The largest absolute Gasteiger partial charge is 0.341 e. The summed E-state index contributed by atoms with van der Waals surface area (Å²) in [6, 6.07) is 58.7. The lowest BCUT2D eigenvalue weighted by atomic mass is 9.80. The lowest BCUT2D eigenvalue weighted by molar-refractivity contribution is 0.660. The van der Waals surface area contributed by atoms with Crippen LogP contribution >= 0.6 is 0 Å². The molecule has 51 heavy (non-hydrogen) atoms. The van der Waals surface area contributed by atoms with Gasteiger partial charge in [0.15, 0.2) is 0 Å². The standard InChI is InChI=1S/C49H38N2/c1-49(2)41-19-11-10-16-35(41)36-25-23-33(29-42(36)49)48-38-18-9-8-17-37(38)47(39-26-22-32(28-40(39)48)31-14-6-5-7-15-31)34-24-27-45-46(30-34)51(4)44-21-13-12-20-43(44)50(45)3/h5-30H,1-4H3. The summed E-state index contributed by atoms with van der Waals surface area (Å²) in [5.41, 5.74) is 17.8. The third kappa shape index (κ3) is 4.29. The molecule has 8 aromatic carbocycles. The molecule has 0 saturated heterocycles. The fourth-order valence-electron chi connectivity index (χ4n) is 8.99. The Bertz CT molecular complexity index is 2700. The molecule has 0 amide bonds. The van der Waals surface area contributed by atoms with E-state index in [1.54, 1.807) is 0 Å². The molecule has 1 aliphatic carbocycles. The van der Waals surface area contributed by atoms with E-state index in [9.17, 15) is 0 Å². The minimum Gasteiger partial charge on any atom is -0.341 e. The van der Waals surface area contributed by atoms with Gasteiger partial charge in [-0.05, 0) is 114 Å². The van der Waals surface area contributed by atoms with Crippen LogP contribution in [0, 0.1) is 0 Å². The van der Waals surface area contributed by atoms with Crippen molar-refractivity contribution in [3.63, 3.8) is 0 Å². The van der Waals surface area contributed by atoms with Gasteiger partial charge in [-0.2, -0.15) is 0 Å². The van der Waals surface area contributed by atoms with Crippen LogP contribution in [0.4, 0.5) is 22.7 Å². The van der Waals surface area contributed by atoms with E-state index in [0.717, 1.165) is 0 Å². The van der Waals surface area contributed by atoms with E-state index in [-0.39, 0.29) is 5.41 Å². The lowest BCUT2D eigenvalue weighted by Gasteiger charge is -2.36. The van der Waals surface area contributed by atoms with E-state index in [0.29, 0.717) is 0 Å². The van der Waals surface area contributed by atoms with Crippen molar-refractivity contribution < 1.29 is 0 Å². The van der Waals surface area contributed by atoms with Crippen LogP contribution in [-0.4, -0.2) is 14.1 Å². The van der Waals surface area contributed by atoms with E-state index in [2.05, 4.69) is 195 Å². The highest BCUT2D eigenvalue weighted by atomic mass is 15.2. The molecule has 0 bridgehead atoms. The fraction of sp³-hybridized carbons (Fsp3) is 0.102. The molecule has 0 N–H and O–H groups in total. The first kappa shape index (κ1) is 29.8. The maximum absolute atomic E-state index is 2.48. The van der Waals surface area contributed by atoms with Crippen molar-refractivity contribution in [2.24, 2.45) is 0 Å². The molecule has 0 unspecified atom stereocenters. The summed E-state index contributed by atoms with van der Waals surface area (Å²) in [5, 5.41) is 5.07. The Morgan fingerprint density at radius 2 is 0.882 bits per heavy atom. The van der Waals surface area contributed by atoms with Crippen LogP contribution in [-0.2, 0) is 5.41 Å². The topological polar surface area (TPSA) is 6.48 Å². The molecule has 2 heteroatoms. The van der Waals surface area contributed by atoms with Crippen LogP contribution in [0.5, 0.6) is 0 Å². The van der Waals surface area contributed by atoms with Crippen molar-refractivity contribution >= 4 is 44.3 Å². The second-order valence-electron chi connectivity index (χ2n) is 14.7. The number of anilines is 4. The van der Waals surface area contributed by atoms with E-state index >= 15 is 0 Å². The zero-order valence-corrected chi connectivity index (χ0v) is 29.4. The van der Waals surface area contributed by atoms with Crippen molar-refractivity contribution in [2.45, 2.75) is 19.3 Å². The van der Waals surface area contributed by atoms with Gasteiger partial charge in [0.1, 0.15) is 0 Å². The molecule has 1 aliphatic heterocycles.